The second-order valence-corrected chi connectivity index (χ2v) is 8.05. The molecule has 4 rings (SSSR count). The predicted molar refractivity (Wildman–Crippen MR) is 105 cm³/mol. The van der Waals surface area contributed by atoms with E-state index in [2.05, 4.69) is 31.7 Å². The Labute approximate surface area is 155 Å². The predicted octanol–water partition coefficient (Wildman–Crippen LogP) is 3.39. The van der Waals surface area contributed by atoms with E-state index in [0.29, 0.717) is 13.0 Å². The number of hydrogen-bond acceptors (Lipinski definition) is 6. The Balaban J connectivity index is 1.21. The Morgan fingerprint density at radius 3 is 3.16 bits per heavy atom. The number of rotatable bonds is 6. The lowest BCUT2D eigenvalue weighted by atomic mass is 10.2. The highest BCUT2D eigenvalue weighted by atomic mass is 32.2. The van der Waals surface area contributed by atoms with Crippen molar-refractivity contribution in [1.82, 2.24) is 15.2 Å². The van der Waals surface area contributed by atoms with E-state index in [0.717, 1.165) is 53.7 Å². The van der Waals surface area contributed by atoms with Crippen LogP contribution in [0.1, 0.15) is 24.3 Å². The number of para-hydroxylation sites is 1. The van der Waals surface area contributed by atoms with E-state index in [-0.39, 0.29) is 5.91 Å². The summed E-state index contributed by atoms with van der Waals surface area (Å²) in [6, 6.07) is 8.20. The Hall–Kier alpha value is -1.86. The average Bonchev–Trinajstić information content (AvgIpc) is 3.23. The number of thiazole rings is 1. The molecule has 0 atom stereocenters. The van der Waals surface area contributed by atoms with Gasteiger partial charge in [0.1, 0.15) is 0 Å². The number of fused-ring (bicyclic) bond motifs is 2. The molecule has 1 aromatic heterocycles. The lowest BCUT2D eigenvalue weighted by Gasteiger charge is -2.25. The third kappa shape index (κ3) is 3.88. The zero-order valence-electron chi connectivity index (χ0n) is 13.9. The number of aromatic nitrogens is 1. The number of nitrogens with one attached hydrogen (secondary N) is 1. The van der Waals surface area contributed by atoms with Crippen LogP contribution in [0.4, 0.5) is 0 Å². The maximum Gasteiger partial charge on any atom is 0.225 e. The lowest BCUT2D eigenvalue weighted by Crippen LogP contribution is -2.33. The first-order chi connectivity index (χ1) is 12.3. The van der Waals surface area contributed by atoms with Crippen molar-refractivity contribution < 1.29 is 4.79 Å². The number of amidine groups is 1. The molecule has 0 radical (unpaired) electrons. The SMILES string of the molecule is O=C(CC1=CSC2=NCCCN12)NCCCc1nc2ccccc2s1. The minimum Gasteiger partial charge on any atom is -0.356 e. The molecule has 25 heavy (non-hydrogen) atoms. The summed E-state index contributed by atoms with van der Waals surface area (Å²) in [6.45, 7) is 2.57. The number of thioether (sulfide) groups is 1. The van der Waals surface area contributed by atoms with Gasteiger partial charge in [0.25, 0.3) is 0 Å². The van der Waals surface area contributed by atoms with E-state index in [9.17, 15) is 4.79 Å². The number of hydrogen-bond donors (Lipinski definition) is 1. The van der Waals surface area contributed by atoms with Gasteiger partial charge in [-0.1, -0.05) is 23.9 Å². The highest BCUT2D eigenvalue weighted by molar-refractivity contribution is 8.16. The third-order valence-corrected chi connectivity index (χ3v) is 6.28. The molecule has 0 unspecified atom stereocenters. The summed E-state index contributed by atoms with van der Waals surface area (Å²) in [5.41, 5.74) is 2.14. The fourth-order valence-electron chi connectivity index (χ4n) is 2.99. The minimum absolute atomic E-state index is 0.0861. The van der Waals surface area contributed by atoms with Crippen LogP contribution >= 0.6 is 23.1 Å². The quantitative estimate of drug-likeness (QED) is 0.790. The first-order valence-electron chi connectivity index (χ1n) is 8.58. The number of aryl methyl sites for hydroxylation is 1. The molecule has 5 nitrogen and oxygen atoms in total. The monoisotopic (exact) mass is 372 g/mol. The molecule has 0 saturated heterocycles. The van der Waals surface area contributed by atoms with Crippen LogP contribution in [0.3, 0.4) is 0 Å². The molecular weight excluding hydrogens is 352 g/mol. The maximum atomic E-state index is 12.2. The summed E-state index contributed by atoms with van der Waals surface area (Å²) in [4.78, 5) is 23.5. The molecule has 0 aliphatic carbocycles. The van der Waals surface area contributed by atoms with E-state index in [1.165, 1.54) is 4.70 Å². The van der Waals surface area contributed by atoms with Crippen molar-refractivity contribution in [3.05, 3.63) is 40.4 Å². The Bertz CT molecular complexity index is 809. The number of aliphatic imine (C=N–C) groups is 1. The smallest absolute Gasteiger partial charge is 0.225 e. The highest BCUT2D eigenvalue weighted by Crippen LogP contribution is 2.30. The number of carbonyl (C=O) groups is 1. The van der Waals surface area contributed by atoms with Crippen LogP contribution in [0.5, 0.6) is 0 Å². The van der Waals surface area contributed by atoms with Crippen LogP contribution in [-0.4, -0.2) is 40.6 Å². The van der Waals surface area contributed by atoms with Crippen molar-refractivity contribution in [2.45, 2.75) is 25.7 Å². The van der Waals surface area contributed by atoms with Gasteiger partial charge in [-0.2, -0.15) is 0 Å². The van der Waals surface area contributed by atoms with Gasteiger partial charge in [-0.3, -0.25) is 9.79 Å². The third-order valence-electron chi connectivity index (χ3n) is 4.23. The second-order valence-electron chi connectivity index (χ2n) is 6.10. The number of carbonyl (C=O) groups excluding carboxylic acids is 1. The summed E-state index contributed by atoms with van der Waals surface area (Å²) >= 11 is 3.37. The topological polar surface area (TPSA) is 57.6 Å². The normalized spacial score (nSPS) is 16.6. The van der Waals surface area contributed by atoms with Crippen molar-refractivity contribution >= 4 is 44.4 Å². The number of nitrogens with zero attached hydrogens (tertiary/aromatic N) is 3. The summed E-state index contributed by atoms with van der Waals surface area (Å²) < 4.78 is 1.23. The van der Waals surface area contributed by atoms with Gasteiger partial charge in [0.15, 0.2) is 5.17 Å². The molecule has 0 fully saturated rings. The maximum absolute atomic E-state index is 12.2. The van der Waals surface area contributed by atoms with E-state index in [4.69, 9.17) is 0 Å². The van der Waals surface area contributed by atoms with Crippen molar-refractivity contribution in [3.8, 4) is 0 Å². The highest BCUT2D eigenvalue weighted by Gasteiger charge is 2.25. The van der Waals surface area contributed by atoms with Gasteiger partial charge >= 0.3 is 0 Å². The van der Waals surface area contributed by atoms with Crippen molar-refractivity contribution in [1.29, 1.82) is 0 Å². The van der Waals surface area contributed by atoms with Gasteiger partial charge in [-0.05, 0) is 30.4 Å². The molecule has 1 aromatic carbocycles. The zero-order valence-corrected chi connectivity index (χ0v) is 15.5. The largest absolute Gasteiger partial charge is 0.356 e. The average molecular weight is 373 g/mol. The van der Waals surface area contributed by atoms with Crippen LogP contribution in [0.15, 0.2) is 40.4 Å². The lowest BCUT2D eigenvalue weighted by molar-refractivity contribution is -0.120. The molecule has 3 heterocycles. The van der Waals surface area contributed by atoms with Gasteiger partial charge < -0.3 is 10.2 Å². The fourth-order valence-corrected chi connectivity index (χ4v) is 4.96. The molecule has 7 heteroatoms. The van der Waals surface area contributed by atoms with Gasteiger partial charge in [0.2, 0.25) is 5.91 Å². The van der Waals surface area contributed by atoms with Crippen LogP contribution in [0, 0.1) is 0 Å². The molecule has 0 bridgehead atoms. The second kappa shape index (κ2) is 7.58. The number of amides is 1. The van der Waals surface area contributed by atoms with Gasteiger partial charge in [0, 0.05) is 31.8 Å². The minimum atomic E-state index is 0.0861. The van der Waals surface area contributed by atoms with E-state index in [1.54, 1.807) is 23.1 Å². The molecule has 1 amide bonds. The van der Waals surface area contributed by atoms with Crippen LogP contribution in [-0.2, 0) is 11.2 Å². The summed E-state index contributed by atoms with van der Waals surface area (Å²) in [7, 11) is 0. The fraction of sp³-hybridized carbons (Fsp3) is 0.389. The molecule has 130 valence electrons. The first kappa shape index (κ1) is 16.6. The number of benzene rings is 1. The Morgan fingerprint density at radius 2 is 2.24 bits per heavy atom. The standard InChI is InChI=1S/C18H20N4OS2/c23-16(11-13-12-24-18-20-9-4-10-22(13)18)19-8-3-7-17-21-14-5-1-2-6-15(14)25-17/h1-2,5-6,12H,3-4,7-11H2,(H,19,23). The molecule has 2 aliphatic rings. The van der Waals surface area contributed by atoms with Crippen LogP contribution in [0.2, 0.25) is 0 Å². The Morgan fingerprint density at radius 1 is 1.32 bits per heavy atom. The molecule has 0 spiro atoms. The zero-order chi connectivity index (χ0) is 17.1. The first-order valence-corrected chi connectivity index (χ1v) is 10.3. The van der Waals surface area contributed by atoms with Crippen molar-refractivity contribution in [2.24, 2.45) is 4.99 Å². The Kier molecular flexibility index (Phi) is 5.03. The van der Waals surface area contributed by atoms with Gasteiger partial charge in [-0.15, -0.1) is 11.3 Å². The van der Waals surface area contributed by atoms with E-state index >= 15 is 0 Å². The molecule has 2 aromatic rings. The van der Waals surface area contributed by atoms with E-state index in [1.807, 2.05) is 18.2 Å². The van der Waals surface area contributed by atoms with Crippen LogP contribution in [0.25, 0.3) is 10.2 Å². The van der Waals surface area contributed by atoms with Crippen molar-refractivity contribution in [2.75, 3.05) is 19.6 Å². The molecule has 2 aliphatic heterocycles. The summed E-state index contributed by atoms with van der Waals surface area (Å²) in [6.07, 6.45) is 3.31. The van der Waals surface area contributed by atoms with E-state index < -0.39 is 0 Å². The van der Waals surface area contributed by atoms with Gasteiger partial charge in [0.05, 0.1) is 21.6 Å². The summed E-state index contributed by atoms with van der Waals surface area (Å²) in [5, 5.41) is 7.28. The molecule has 0 saturated carbocycles. The molecular formula is C18H20N4OS2. The summed E-state index contributed by atoms with van der Waals surface area (Å²) in [5.74, 6) is 0.0861. The van der Waals surface area contributed by atoms with Crippen molar-refractivity contribution in [3.63, 3.8) is 0 Å². The van der Waals surface area contributed by atoms with Crippen LogP contribution < -0.4 is 5.32 Å². The van der Waals surface area contributed by atoms with Gasteiger partial charge in [-0.25, -0.2) is 4.98 Å². The molecule has 1 N–H and O–H groups in total.